The van der Waals surface area contributed by atoms with Gasteiger partial charge in [0.15, 0.2) is 5.13 Å². The molecule has 2 aliphatic heterocycles. The van der Waals surface area contributed by atoms with E-state index >= 15 is 0 Å². The number of urea groups is 1. The van der Waals surface area contributed by atoms with Crippen molar-refractivity contribution in [3.8, 4) is 0 Å². The largest absolute Gasteiger partial charge is 0.391 e. The van der Waals surface area contributed by atoms with E-state index in [1.165, 1.54) is 16.9 Å². The summed E-state index contributed by atoms with van der Waals surface area (Å²) in [7, 11) is 2.01. The number of benzene rings is 1. The number of amides is 2. The monoisotopic (exact) mass is 544 g/mol. The van der Waals surface area contributed by atoms with Gasteiger partial charge in [-0.25, -0.2) is 19.7 Å². The molecule has 4 aromatic rings. The average Bonchev–Trinajstić information content (AvgIpc) is 3.58. The van der Waals surface area contributed by atoms with Crippen LogP contribution in [0.15, 0.2) is 54.7 Å². The van der Waals surface area contributed by atoms with Gasteiger partial charge in [0.25, 0.3) is 0 Å². The number of thiazole rings is 1. The molecule has 3 N–H and O–H groups in total. The fraction of sp³-hybridized carbons (Fsp3) is 0.357. The Morgan fingerprint density at radius 2 is 2.00 bits per heavy atom. The maximum atomic E-state index is 13.2. The van der Waals surface area contributed by atoms with E-state index in [0.29, 0.717) is 43.5 Å². The van der Waals surface area contributed by atoms with Gasteiger partial charge >= 0.3 is 6.03 Å². The third kappa shape index (κ3) is 5.38. The highest BCUT2D eigenvalue weighted by molar-refractivity contribution is 7.21. The Bertz CT molecular complexity index is 1480. The van der Waals surface area contributed by atoms with Crippen LogP contribution in [0.3, 0.4) is 0 Å². The normalized spacial score (nSPS) is 19.5. The summed E-state index contributed by atoms with van der Waals surface area (Å²) in [5.41, 5.74) is 4.11. The average molecular weight is 545 g/mol. The number of aliphatic hydroxyl groups is 1. The number of hydrogen-bond donors (Lipinski definition) is 3. The molecule has 11 heteroatoms. The number of nitrogens with zero attached hydrogens (tertiary/aromatic N) is 6. The summed E-state index contributed by atoms with van der Waals surface area (Å²) in [4.78, 5) is 33.9. The van der Waals surface area contributed by atoms with Gasteiger partial charge in [0.1, 0.15) is 22.0 Å². The summed E-state index contributed by atoms with van der Waals surface area (Å²) in [6.07, 6.45) is 1.95. The van der Waals surface area contributed by atoms with Crippen molar-refractivity contribution in [1.82, 2.24) is 30.1 Å². The fourth-order valence-corrected chi connectivity index (χ4v) is 5.95. The Morgan fingerprint density at radius 3 is 2.79 bits per heavy atom. The molecule has 0 radical (unpaired) electrons. The Hall–Kier alpha value is -3.80. The maximum absolute atomic E-state index is 13.2. The number of aliphatic hydroxyl groups excluding tert-OH is 1. The predicted octanol–water partition coefficient (Wildman–Crippen LogP) is 4.04. The van der Waals surface area contributed by atoms with Crippen LogP contribution in [0.5, 0.6) is 0 Å². The lowest BCUT2D eigenvalue weighted by Crippen LogP contribution is -2.52. The second-order valence-electron chi connectivity index (χ2n) is 10.1. The van der Waals surface area contributed by atoms with Crippen LogP contribution in [0.4, 0.5) is 27.2 Å². The minimum Gasteiger partial charge on any atom is -0.391 e. The van der Waals surface area contributed by atoms with Crippen molar-refractivity contribution in [2.45, 2.75) is 25.5 Å². The molecule has 2 amide bonds. The quantitative estimate of drug-likeness (QED) is 0.345. The van der Waals surface area contributed by atoms with Crippen molar-refractivity contribution in [3.05, 3.63) is 65.9 Å². The first kappa shape index (κ1) is 25.5. The molecule has 5 heterocycles. The highest BCUT2D eigenvalue weighted by Gasteiger charge is 2.34. The molecular weight excluding hydrogens is 512 g/mol. The SMILES string of the molecule is Cc1ccc(N(C)c2ccc3nc(Nc4cc(C5CNCCN5C(=O)N5CCC(O)C5)ccn4)sc3n2)cc1. The first-order valence-electron chi connectivity index (χ1n) is 13.2. The number of anilines is 4. The van der Waals surface area contributed by atoms with Gasteiger partial charge in [-0.2, -0.15) is 0 Å². The van der Waals surface area contributed by atoms with Crippen LogP contribution < -0.4 is 15.5 Å². The Balaban J connectivity index is 1.20. The van der Waals surface area contributed by atoms with E-state index in [1.807, 2.05) is 36.2 Å². The van der Waals surface area contributed by atoms with Gasteiger partial charge in [0.05, 0.1) is 12.1 Å². The highest BCUT2D eigenvalue weighted by atomic mass is 32.1. The molecule has 2 fully saturated rings. The molecule has 2 saturated heterocycles. The molecule has 2 atom stereocenters. The molecule has 0 aliphatic carbocycles. The Kier molecular flexibility index (Phi) is 7.03. The molecule has 0 saturated carbocycles. The number of fused-ring (bicyclic) bond motifs is 1. The molecule has 39 heavy (non-hydrogen) atoms. The Morgan fingerprint density at radius 1 is 1.15 bits per heavy atom. The Labute approximate surface area is 231 Å². The van der Waals surface area contributed by atoms with Crippen molar-refractivity contribution in [2.24, 2.45) is 0 Å². The third-order valence-electron chi connectivity index (χ3n) is 7.33. The van der Waals surface area contributed by atoms with E-state index in [9.17, 15) is 9.90 Å². The minimum atomic E-state index is -0.436. The van der Waals surface area contributed by atoms with E-state index in [4.69, 9.17) is 9.97 Å². The number of hydrogen-bond acceptors (Lipinski definition) is 9. The standard InChI is InChI=1S/C28H32N8O2S/c1-18-3-5-20(6-4-18)34(2)25-8-7-22-26(33-25)39-27(31-22)32-24-15-19(9-11-30-24)23-16-29-12-14-36(23)28(38)35-13-10-21(37)17-35/h3-9,11,15,21,23,29,37H,10,12-14,16-17H2,1-2H3,(H,30,31,32). The van der Waals surface area contributed by atoms with Crippen LogP contribution in [0.25, 0.3) is 10.3 Å². The topological polar surface area (TPSA) is 110 Å². The van der Waals surface area contributed by atoms with Crippen molar-refractivity contribution in [3.63, 3.8) is 0 Å². The van der Waals surface area contributed by atoms with Gasteiger partial charge in [-0.1, -0.05) is 29.0 Å². The van der Waals surface area contributed by atoms with Gasteiger partial charge in [-0.3, -0.25) is 0 Å². The summed E-state index contributed by atoms with van der Waals surface area (Å²) < 4.78 is 0. The lowest BCUT2D eigenvalue weighted by Gasteiger charge is -2.38. The van der Waals surface area contributed by atoms with Crippen LogP contribution in [-0.2, 0) is 0 Å². The highest BCUT2D eigenvalue weighted by Crippen LogP contribution is 2.32. The lowest BCUT2D eigenvalue weighted by atomic mass is 10.0. The number of carbonyl (C=O) groups is 1. The number of aromatic nitrogens is 3. The van der Waals surface area contributed by atoms with Crippen LogP contribution in [0, 0.1) is 6.92 Å². The van der Waals surface area contributed by atoms with E-state index < -0.39 is 6.10 Å². The van der Waals surface area contributed by atoms with Gasteiger partial charge in [-0.05, 0) is 55.3 Å². The molecule has 2 aliphatic rings. The molecule has 202 valence electrons. The number of nitrogens with one attached hydrogen (secondary N) is 2. The van der Waals surface area contributed by atoms with E-state index in [1.54, 1.807) is 11.1 Å². The lowest BCUT2D eigenvalue weighted by molar-refractivity contribution is 0.120. The number of piperazine rings is 1. The molecule has 0 bridgehead atoms. The zero-order valence-corrected chi connectivity index (χ0v) is 22.9. The number of carbonyl (C=O) groups excluding carboxylic acids is 1. The molecule has 3 aromatic heterocycles. The van der Waals surface area contributed by atoms with Gasteiger partial charge in [0, 0.05) is 51.7 Å². The van der Waals surface area contributed by atoms with Crippen LogP contribution >= 0.6 is 11.3 Å². The number of β-amino-alcohol motifs (C(OH)–C–C–N with tert-alkyl or cyclic N) is 1. The van der Waals surface area contributed by atoms with Gasteiger partial charge in [0.2, 0.25) is 0 Å². The van der Waals surface area contributed by atoms with Crippen LogP contribution in [0.2, 0.25) is 0 Å². The first-order chi connectivity index (χ1) is 18.9. The molecule has 1 aromatic carbocycles. The van der Waals surface area contributed by atoms with Gasteiger partial charge in [-0.15, -0.1) is 0 Å². The predicted molar refractivity (Wildman–Crippen MR) is 154 cm³/mol. The molecule has 0 spiro atoms. The number of pyridine rings is 2. The second-order valence-corrected chi connectivity index (χ2v) is 11.1. The number of likely N-dealkylation sites (tertiary alicyclic amines) is 1. The summed E-state index contributed by atoms with van der Waals surface area (Å²) in [5.74, 6) is 1.51. The maximum Gasteiger partial charge on any atom is 0.320 e. The number of rotatable bonds is 5. The third-order valence-corrected chi connectivity index (χ3v) is 8.21. The summed E-state index contributed by atoms with van der Waals surface area (Å²) in [5, 5.41) is 17.4. The van der Waals surface area contributed by atoms with Gasteiger partial charge < -0.3 is 30.4 Å². The zero-order valence-electron chi connectivity index (χ0n) is 22.0. The van der Waals surface area contributed by atoms with E-state index in [-0.39, 0.29) is 12.1 Å². The summed E-state index contributed by atoms with van der Waals surface area (Å²) >= 11 is 1.48. The summed E-state index contributed by atoms with van der Waals surface area (Å²) in [6.45, 7) is 5.08. The van der Waals surface area contributed by atoms with Crippen LogP contribution in [0.1, 0.15) is 23.6 Å². The van der Waals surface area contributed by atoms with Crippen molar-refractivity contribution in [2.75, 3.05) is 50.0 Å². The van der Waals surface area contributed by atoms with Crippen molar-refractivity contribution in [1.29, 1.82) is 0 Å². The summed E-state index contributed by atoms with van der Waals surface area (Å²) in [6, 6.07) is 16.1. The molecule has 2 unspecified atom stereocenters. The zero-order chi connectivity index (χ0) is 26.9. The van der Waals surface area contributed by atoms with Crippen molar-refractivity contribution >= 4 is 50.2 Å². The molecular formula is C28H32N8O2S. The number of aryl methyl sites for hydroxylation is 1. The van der Waals surface area contributed by atoms with E-state index in [2.05, 4.69) is 51.7 Å². The first-order valence-corrected chi connectivity index (χ1v) is 14.0. The van der Waals surface area contributed by atoms with E-state index in [0.717, 1.165) is 34.0 Å². The molecule has 10 nitrogen and oxygen atoms in total. The fourth-order valence-electron chi connectivity index (χ4n) is 5.11. The second kappa shape index (κ2) is 10.8. The minimum absolute atomic E-state index is 0.0203. The smallest absolute Gasteiger partial charge is 0.320 e. The molecule has 6 rings (SSSR count). The van der Waals surface area contributed by atoms with Crippen molar-refractivity contribution < 1.29 is 9.90 Å². The van der Waals surface area contributed by atoms with Crippen LogP contribution in [-0.4, -0.2) is 81.8 Å².